The fraction of sp³-hybridized carbons (Fsp3) is 0.615. The normalized spacial score (nSPS) is 11.1. The third kappa shape index (κ3) is 6.92. The summed E-state index contributed by atoms with van der Waals surface area (Å²) >= 11 is 7.72. The number of rotatable bonds is 8. The summed E-state index contributed by atoms with van der Waals surface area (Å²) < 4.78 is 0. The molecule has 1 aromatic rings. The maximum absolute atomic E-state index is 6.02. The van der Waals surface area contributed by atoms with Crippen LogP contribution in [0.25, 0.3) is 0 Å². The minimum absolute atomic E-state index is 0.748. The molecule has 0 amide bonds. The molecular weight excluding hydrogens is 252 g/mol. The summed E-state index contributed by atoms with van der Waals surface area (Å²) in [6.45, 7) is 6.64. The highest BCUT2D eigenvalue weighted by Crippen LogP contribution is 2.23. The monoisotopic (exact) mass is 272 g/mol. The molecule has 1 heterocycles. The van der Waals surface area contributed by atoms with Crippen molar-refractivity contribution in [2.45, 2.75) is 31.7 Å². The van der Waals surface area contributed by atoms with Gasteiger partial charge in [0.2, 0.25) is 0 Å². The summed E-state index contributed by atoms with van der Waals surface area (Å²) in [7, 11) is 0. The Kier molecular flexibility index (Phi) is 7.65. The quantitative estimate of drug-likeness (QED) is 0.575. The lowest BCUT2D eigenvalue weighted by Crippen LogP contribution is -2.18. The zero-order chi connectivity index (χ0) is 12.5. The molecule has 0 saturated heterocycles. The van der Waals surface area contributed by atoms with Gasteiger partial charge in [-0.05, 0) is 37.4 Å². The second-order valence-electron chi connectivity index (χ2n) is 4.42. The highest BCUT2D eigenvalue weighted by Gasteiger charge is 2.00. The third-order valence-electron chi connectivity index (χ3n) is 2.38. The molecule has 0 atom stereocenters. The molecule has 0 radical (unpaired) electrons. The zero-order valence-corrected chi connectivity index (χ0v) is 12.2. The Morgan fingerprint density at radius 3 is 2.94 bits per heavy atom. The first-order chi connectivity index (χ1) is 8.20. The first-order valence-electron chi connectivity index (χ1n) is 6.14. The molecule has 0 saturated carbocycles. The van der Waals surface area contributed by atoms with Gasteiger partial charge in [0.1, 0.15) is 5.03 Å². The largest absolute Gasteiger partial charge is 0.316 e. The third-order valence-corrected chi connectivity index (χ3v) is 3.80. The smallest absolute Gasteiger partial charge is 0.115 e. The molecular formula is C13H21ClN2S. The molecule has 0 aromatic carbocycles. The second kappa shape index (κ2) is 8.78. The molecule has 0 aliphatic rings. The highest BCUT2D eigenvalue weighted by molar-refractivity contribution is 7.99. The first kappa shape index (κ1) is 14.8. The second-order valence-corrected chi connectivity index (χ2v) is 5.92. The lowest BCUT2D eigenvalue weighted by Gasteiger charge is -2.06. The zero-order valence-electron chi connectivity index (χ0n) is 10.6. The van der Waals surface area contributed by atoms with Crippen molar-refractivity contribution in [3.8, 4) is 0 Å². The van der Waals surface area contributed by atoms with Crippen molar-refractivity contribution in [3.63, 3.8) is 0 Å². The molecule has 0 fully saturated rings. The van der Waals surface area contributed by atoms with E-state index in [0.29, 0.717) is 0 Å². The molecule has 96 valence electrons. The fourth-order valence-electron chi connectivity index (χ4n) is 1.46. The Morgan fingerprint density at radius 1 is 1.41 bits per heavy atom. The average Bonchev–Trinajstić information content (AvgIpc) is 2.30. The molecule has 0 aliphatic heterocycles. The number of nitrogens with zero attached hydrogens (tertiary/aromatic N) is 1. The Labute approximate surface area is 114 Å². The summed E-state index contributed by atoms with van der Waals surface area (Å²) in [5.74, 6) is 1.82. The molecule has 1 N–H and O–H groups in total. The lowest BCUT2D eigenvalue weighted by atomic mass is 10.1. The molecule has 4 heteroatoms. The predicted octanol–water partition coefficient (Wildman–Crippen LogP) is 3.85. The van der Waals surface area contributed by atoms with Crippen LogP contribution >= 0.6 is 23.4 Å². The number of halogens is 1. The molecule has 0 unspecified atom stereocenters. The van der Waals surface area contributed by atoms with E-state index >= 15 is 0 Å². The fourth-order valence-corrected chi connectivity index (χ4v) is 2.52. The van der Waals surface area contributed by atoms with Gasteiger partial charge in [-0.1, -0.05) is 25.4 Å². The molecule has 2 nitrogen and oxygen atoms in total. The van der Waals surface area contributed by atoms with E-state index in [2.05, 4.69) is 24.1 Å². The predicted molar refractivity (Wildman–Crippen MR) is 76.9 cm³/mol. The van der Waals surface area contributed by atoms with Crippen molar-refractivity contribution >= 4 is 23.4 Å². The molecule has 1 rings (SSSR count). The SMILES string of the molecule is CC(C)CCCNCCSc1ncccc1Cl. The van der Waals surface area contributed by atoms with Crippen molar-refractivity contribution in [3.05, 3.63) is 23.4 Å². The Bertz CT molecular complexity index is 318. The maximum atomic E-state index is 6.02. The van der Waals surface area contributed by atoms with E-state index in [4.69, 9.17) is 11.6 Å². The van der Waals surface area contributed by atoms with E-state index in [0.717, 1.165) is 34.8 Å². The molecule has 17 heavy (non-hydrogen) atoms. The number of aromatic nitrogens is 1. The van der Waals surface area contributed by atoms with Gasteiger partial charge in [0, 0.05) is 18.5 Å². The molecule has 0 aliphatic carbocycles. The van der Waals surface area contributed by atoms with Gasteiger partial charge in [0.25, 0.3) is 0 Å². The van der Waals surface area contributed by atoms with Gasteiger partial charge >= 0.3 is 0 Å². The number of nitrogens with one attached hydrogen (secondary N) is 1. The topological polar surface area (TPSA) is 24.9 Å². The van der Waals surface area contributed by atoms with E-state index in [1.54, 1.807) is 18.0 Å². The van der Waals surface area contributed by atoms with E-state index < -0.39 is 0 Å². The van der Waals surface area contributed by atoms with Crippen LogP contribution in [0.15, 0.2) is 23.4 Å². The Morgan fingerprint density at radius 2 is 2.24 bits per heavy atom. The van der Waals surface area contributed by atoms with Gasteiger partial charge in [-0.3, -0.25) is 0 Å². The van der Waals surface area contributed by atoms with Crippen LogP contribution < -0.4 is 5.32 Å². The molecule has 0 spiro atoms. The van der Waals surface area contributed by atoms with Crippen molar-refractivity contribution in [2.75, 3.05) is 18.8 Å². The van der Waals surface area contributed by atoms with Crippen LogP contribution in [0.1, 0.15) is 26.7 Å². The van der Waals surface area contributed by atoms with Gasteiger partial charge in [-0.15, -0.1) is 11.8 Å². The molecule has 1 aromatic heterocycles. The van der Waals surface area contributed by atoms with Crippen molar-refractivity contribution < 1.29 is 0 Å². The minimum Gasteiger partial charge on any atom is -0.316 e. The van der Waals surface area contributed by atoms with E-state index in [1.807, 2.05) is 12.1 Å². The molecule has 0 bridgehead atoms. The number of pyridine rings is 1. The number of hydrogen-bond acceptors (Lipinski definition) is 3. The summed E-state index contributed by atoms with van der Waals surface area (Å²) in [6.07, 6.45) is 4.34. The first-order valence-corrected chi connectivity index (χ1v) is 7.50. The summed E-state index contributed by atoms with van der Waals surface area (Å²) in [5.41, 5.74) is 0. The summed E-state index contributed by atoms with van der Waals surface area (Å²) in [4.78, 5) is 4.24. The van der Waals surface area contributed by atoms with E-state index in [1.165, 1.54) is 12.8 Å². The minimum atomic E-state index is 0.748. The van der Waals surface area contributed by atoms with Crippen molar-refractivity contribution in [1.29, 1.82) is 0 Å². The maximum Gasteiger partial charge on any atom is 0.115 e. The van der Waals surface area contributed by atoms with E-state index in [-0.39, 0.29) is 0 Å². The van der Waals surface area contributed by atoms with Crippen LogP contribution in [0.3, 0.4) is 0 Å². The van der Waals surface area contributed by atoms with Crippen LogP contribution in [0.5, 0.6) is 0 Å². The van der Waals surface area contributed by atoms with Crippen LogP contribution in [-0.2, 0) is 0 Å². The van der Waals surface area contributed by atoms with Crippen LogP contribution in [0.4, 0.5) is 0 Å². The average molecular weight is 273 g/mol. The lowest BCUT2D eigenvalue weighted by molar-refractivity contribution is 0.534. The highest BCUT2D eigenvalue weighted by atomic mass is 35.5. The Balaban J connectivity index is 2.03. The van der Waals surface area contributed by atoms with Gasteiger partial charge in [0.15, 0.2) is 0 Å². The number of thioether (sulfide) groups is 1. The standard InChI is InChI=1S/C13H21ClN2S/c1-11(2)5-3-7-15-9-10-17-13-12(14)6-4-8-16-13/h4,6,8,11,15H,3,5,7,9-10H2,1-2H3. The van der Waals surface area contributed by atoms with Gasteiger partial charge in [-0.25, -0.2) is 4.98 Å². The Hall–Kier alpha value is -0.250. The summed E-state index contributed by atoms with van der Waals surface area (Å²) in [5, 5.41) is 5.12. The van der Waals surface area contributed by atoms with Crippen LogP contribution in [-0.4, -0.2) is 23.8 Å². The van der Waals surface area contributed by atoms with Crippen molar-refractivity contribution in [2.24, 2.45) is 5.92 Å². The number of hydrogen-bond donors (Lipinski definition) is 1. The van der Waals surface area contributed by atoms with Gasteiger partial charge < -0.3 is 5.32 Å². The summed E-state index contributed by atoms with van der Waals surface area (Å²) in [6, 6.07) is 3.74. The van der Waals surface area contributed by atoms with Crippen molar-refractivity contribution in [1.82, 2.24) is 10.3 Å². The van der Waals surface area contributed by atoms with Gasteiger partial charge in [-0.2, -0.15) is 0 Å². The van der Waals surface area contributed by atoms with Crippen LogP contribution in [0, 0.1) is 5.92 Å². The van der Waals surface area contributed by atoms with Crippen LogP contribution in [0.2, 0.25) is 5.02 Å². The van der Waals surface area contributed by atoms with E-state index in [9.17, 15) is 0 Å². The van der Waals surface area contributed by atoms with Gasteiger partial charge in [0.05, 0.1) is 5.02 Å².